The number of hydrogen-bond donors (Lipinski definition) is 1. The molecule has 0 aliphatic carbocycles. The molecule has 3 heterocycles. The van der Waals surface area contributed by atoms with Gasteiger partial charge < -0.3 is 14.6 Å². The van der Waals surface area contributed by atoms with E-state index < -0.39 is 0 Å². The van der Waals surface area contributed by atoms with Crippen molar-refractivity contribution in [2.45, 2.75) is 31.8 Å². The van der Waals surface area contributed by atoms with Crippen molar-refractivity contribution < 1.29 is 4.42 Å². The number of nitrogens with zero attached hydrogens (tertiary/aromatic N) is 2. The fraction of sp³-hybridized carbons (Fsp3) is 0.185. The van der Waals surface area contributed by atoms with Gasteiger partial charge in [-0.3, -0.25) is 4.98 Å². The van der Waals surface area contributed by atoms with Crippen LogP contribution in [0.1, 0.15) is 48.9 Å². The standard InChI is InChI=1S/C27H23Cl2N3OS/c1-16(2)17-9-11-18(12-10-17)32-26(25(31-27(32)34)21-8-3-4-15-30-21)23-14-13-22(33-23)19-6-5-7-20(28)24(19)29/h3-16,25-26H,1-2H3,(H,31,34)/t25-,26-/m0/s1. The maximum absolute atomic E-state index is 6.46. The summed E-state index contributed by atoms with van der Waals surface area (Å²) in [5, 5.41) is 5.03. The average molecular weight is 508 g/mol. The summed E-state index contributed by atoms with van der Waals surface area (Å²) in [6.45, 7) is 4.37. The van der Waals surface area contributed by atoms with E-state index in [1.165, 1.54) is 5.56 Å². The number of thiocarbonyl (C=S) groups is 1. The Morgan fingerprint density at radius 2 is 1.76 bits per heavy atom. The number of anilines is 1. The van der Waals surface area contributed by atoms with E-state index >= 15 is 0 Å². The van der Waals surface area contributed by atoms with Gasteiger partial charge in [-0.1, -0.05) is 61.3 Å². The molecule has 0 unspecified atom stereocenters. The maximum atomic E-state index is 6.46. The molecule has 0 spiro atoms. The lowest BCUT2D eigenvalue weighted by Gasteiger charge is -2.26. The maximum Gasteiger partial charge on any atom is 0.174 e. The summed E-state index contributed by atoms with van der Waals surface area (Å²) < 4.78 is 6.39. The van der Waals surface area contributed by atoms with Crippen LogP contribution in [0.5, 0.6) is 0 Å². The molecule has 1 aliphatic heterocycles. The van der Waals surface area contributed by atoms with Gasteiger partial charge in [-0.15, -0.1) is 0 Å². The van der Waals surface area contributed by atoms with Crippen molar-refractivity contribution in [1.82, 2.24) is 10.3 Å². The normalized spacial score (nSPS) is 17.9. The quantitative estimate of drug-likeness (QED) is 0.277. The summed E-state index contributed by atoms with van der Waals surface area (Å²) in [4.78, 5) is 6.70. The first-order chi connectivity index (χ1) is 16.4. The minimum Gasteiger partial charge on any atom is -0.459 e. The number of hydrogen-bond acceptors (Lipinski definition) is 3. The Labute approximate surface area is 214 Å². The van der Waals surface area contributed by atoms with Gasteiger partial charge >= 0.3 is 0 Å². The molecule has 172 valence electrons. The molecule has 0 bridgehead atoms. The lowest BCUT2D eigenvalue weighted by Crippen LogP contribution is -2.29. The molecule has 1 saturated heterocycles. The van der Waals surface area contributed by atoms with E-state index in [4.69, 9.17) is 39.8 Å². The second-order valence-electron chi connectivity index (χ2n) is 8.55. The van der Waals surface area contributed by atoms with Crippen LogP contribution < -0.4 is 10.2 Å². The minimum atomic E-state index is -0.237. The fourth-order valence-electron chi connectivity index (χ4n) is 4.29. The van der Waals surface area contributed by atoms with Gasteiger partial charge in [0.15, 0.2) is 5.11 Å². The van der Waals surface area contributed by atoms with Gasteiger partial charge in [-0.05, 0) is 72.2 Å². The largest absolute Gasteiger partial charge is 0.459 e. The zero-order chi connectivity index (χ0) is 23.8. The molecular weight excluding hydrogens is 485 g/mol. The summed E-state index contributed by atoms with van der Waals surface area (Å²) in [5.41, 5.74) is 3.89. The lowest BCUT2D eigenvalue weighted by molar-refractivity contribution is 0.439. The van der Waals surface area contributed by atoms with Crippen LogP contribution in [0.25, 0.3) is 11.3 Å². The zero-order valence-electron chi connectivity index (χ0n) is 18.7. The Kier molecular flexibility index (Phi) is 6.34. The summed E-state index contributed by atoms with van der Waals surface area (Å²) in [6, 6.07) is 23.4. The number of furan rings is 1. The van der Waals surface area contributed by atoms with Gasteiger partial charge in [0.25, 0.3) is 0 Å². The van der Waals surface area contributed by atoms with E-state index in [1.807, 2.05) is 42.5 Å². The molecule has 1 fully saturated rings. The van der Waals surface area contributed by atoms with Crippen LogP contribution in [0.15, 0.2) is 83.4 Å². The molecule has 4 nitrogen and oxygen atoms in total. The second-order valence-corrected chi connectivity index (χ2v) is 9.72. The summed E-state index contributed by atoms with van der Waals surface area (Å²) in [6.07, 6.45) is 1.79. The number of benzene rings is 2. The van der Waals surface area contributed by atoms with Crippen LogP contribution in [0.3, 0.4) is 0 Å². The minimum absolute atomic E-state index is 0.188. The first-order valence-electron chi connectivity index (χ1n) is 11.1. The molecule has 2 atom stereocenters. The third-order valence-corrected chi connectivity index (χ3v) is 7.20. The Morgan fingerprint density at radius 3 is 2.47 bits per heavy atom. The molecule has 2 aromatic heterocycles. The topological polar surface area (TPSA) is 41.3 Å². The van der Waals surface area contributed by atoms with Gasteiger partial charge in [0.05, 0.1) is 21.8 Å². The monoisotopic (exact) mass is 507 g/mol. The van der Waals surface area contributed by atoms with Crippen molar-refractivity contribution in [2.24, 2.45) is 0 Å². The van der Waals surface area contributed by atoms with E-state index in [9.17, 15) is 0 Å². The van der Waals surface area contributed by atoms with Crippen molar-refractivity contribution in [1.29, 1.82) is 0 Å². The van der Waals surface area contributed by atoms with Gasteiger partial charge in [-0.2, -0.15) is 0 Å². The Bertz CT molecular complexity index is 1320. The van der Waals surface area contributed by atoms with Crippen molar-refractivity contribution in [3.8, 4) is 11.3 Å². The SMILES string of the molecule is CC(C)c1ccc(N2C(=S)N[C@@H](c3ccccn3)[C@@H]2c2ccc(-c3cccc(Cl)c3Cl)o2)cc1. The summed E-state index contributed by atoms with van der Waals surface area (Å²) in [7, 11) is 0. The van der Waals surface area contributed by atoms with Crippen molar-refractivity contribution in [2.75, 3.05) is 4.90 Å². The second kappa shape index (κ2) is 9.41. The predicted molar refractivity (Wildman–Crippen MR) is 143 cm³/mol. The van der Waals surface area contributed by atoms with Crippen molar-refractivity contribution >= 4 is 46.2 Å². The molecule has 34 heavy (non-hydrogen) atoms. The van der Waals surface area contributed by atoms with Crippen LogP contribution in [-0.2, 0) is 0 Å². The zero-order valence-corrected chi connectivity index (χ0v) is 21.0. The fourth-order valence-corrected chi connectivity index (χ4v) is 5.03. The molecule has 4 aromatic rings. The van der Waals surface area contributed by atoms with E-state index in [-0.39, 0.29) is 12.1 Å². The third kappa shape index (κ3) is 4.20. The number of halogens is 2. The van der Waals surface area contributed by atoms with Gasteiger partial charge in [0.1, 0.15) is 17.6 Å². The van der Waals surface area contributed by atoms with Gasteiger partial charge in [-0.25, -0.2) is 0 Å². The van der Waals surface area contributed by atoms with Crippen LogP contribution in [0.4, 0.5) is 5.69 Å². The van der Waals surface area contributed by atoms with E-state index in [1.54, 1.807) is 12.3 Å². The van der Waals surface area contributed by atoms with Crippen LogP contribution >= 0.6 is 35.4 Å². The van der Waals surface area contributed by atoms with Gasteiger partial charge in [0.2, 0.25) is 0 Å². The molecule has 1 aliphatic rings. The van der Waals surface area contributed by atoms with E-state index in [0.717, 1.165) is 22.7 Å². The lowest BCUT2D eigenvalue weighted by atomic mass is 10.0. The summed E-state index contributed by atoms with van der Waals surface area (Å²) >= 11 is 18.5. The number of aromatic nitrogens is 1. The first-order valence-corrected chi connectivity index (χ1v) is 12.2. The molecule has 7 heteroatoms. The van der Waals surface area contributed by atoms with Crippen LogP contribution in [0, 0.1) is 0 Å². The summed E-state index contributed by atoms with van der Waals surface area (Å²) in [5.74, 6) is 1.85. The van der Waals surface area contributed by atoms with Gasteiger partial charge in [0, 0.05) is 17.4 Å². The van der Waals surface area contributed by atoms with E-state index in [2.05, 4.69) is 53.3 Å². The Balaban J connectivity index is 1.59. The molecule has 5 rings (SSSR count). The highest BCUT2D eigenvalue weighted by atomic mass is 35.5. The third-order valence-electron chi connectivity index (χ3n) is 6.07. The highest BCUT2D eigenvalue weighted by Gasteiger charge is 2.42. The predicted octanol–water partition coefficient (Wildman–Crippen LogP) is 7.95. The first kappa shape index (κ1) is 22.9. The highest BCUT2D eigenvalue weighted by Crippen LogP contribution is 2.44. The number of nitrogens with one attached hydrogen (secondary N) is 1. The molecule has 0 radical (unpaired) electrons. The molecule has 2 aromatic carbocycles. The number of rotatable bonds is 5. The number of pyridine rings is 1. The van der Waals surface area contributed by atoms with Crippen molar-refractivity contribution in [3.63, 3.8) is 0 Å². The molecule has 1 N–H and O–H groups in total. The van der Waals surface area contributed by atoms with Crippen LogP contribution in [-0.4, -0.2) is 10.1 Å². The Hall–Kier alpha value is -2.86. The average Bonchev–Trinajstić information content (AvgIpc) is 3.46. The van der Waals surface area contributed by atoms with Crippen molar-refractivity contribution in [3.05, 3.63) is 106 Å². The van der Waals surface area contributed by atoms with E-state index in [0.29, 0.717) is 26.8 Å². The molecule has 0 amide bonds. The smallest absolute Gasteiger partial charge is 0.174 e. The Morgan fingerprint density at radius 1 is 0.971 bits per heavy atom. The molecule has 0 saturated carbocycles. The van der Waals surface area contributed by atoms with Crippen LogP contribution in [0.2, 0.25) is 10.0 Å². The highest BCUT2D eigenvalue weighted by molar-refractivity contribution is 7.80. The molecular formula is C27H23Cl2N3OS.